The largest absolute Gasteiger partial charge is 0.326 e. The smallest absolute Gasteiger partial charge is 0.255 e. The zero-order chi connectivity index (χ0) is 23.8. The number of anilines is 2. The maximum absolute atomic E-state index is 12.6. The van der Waals surface area contributed by atoms with Crippen LogP contribution >= 0.6 is 0 Å². The van der Waals surface area contributed by atoms with Gasteiger partial charge in [-0.1, -0.05) is 44.2 Å². The molecule has 172 valence electrons. The SMILES string of the molecule is CCN(CC)S(=O)(=O)c1ccc(NC(=O)c2ccc(NC(=O)Cc3ccccc3)cc2)cc1. The van der Waals surface area contributed by atoms with Crippen LogP contribution in [0.15, 0.2) is 83.8 Å². The molecule has 0 saturated heterocycles. The van der Waals surface area contributed by atoms with Crippen LogP contribution < -0.4 is 10.6 Å². The Labute approximate surface area is 194 Å². The fraction of sp³-hybridized carbons (Fsp3) is 0.200. The van der Waals surface area contributed by atoms with Crippen molar-refractivity contribution in [2.24, 2.45) is 0 Å². The predicted molar refractivity (Wildman–Crippen MR) is 130 cm³/mol. The zero-order valence-electron chi connectivity index (χ0n) is 18.6. The van der Waals surface area contributed by atoms with Gasteiger partial charge >= 0.3 is 0 Å². The second-order valence-corrected chi connectivity index (χ2v) is 9.29. The summed E-state index contributed by atoms with van der Waals surface area (Å²) in [6.07, 6.45) is 0.267. The van der Waals surface area contributed by atoms with Gasteiger partial charge in [0, 0.05) is 30.0 Å². The van der Waals surface area contributed by atoms with Gasteiger partial charge in [-0.25, -0.2) is 8.42 Å². The quantitative estimate of drug-likeness (QED) is 0.496. The molecule has 0 saturated carbocycles. The van der Waals surface area contributed by atoms with Crippen molar-refractivity contribution in [2.75, 3.05) is 23.7 Å². The van der Waals surface area contributed by atoms with Crippen LogP contribution in [0.3, 0.4) is 0 Å². The van der Waals surface area contributed by atoms with Gasteiger partial charge in [-0.05, 0) is 54.1 Å². The second kappa shape index (κ2) is 10.9. The number of rotatable bonds is 9. The number of benzene rings is 3. The maximum Gasteiger partial charge on any atom is 0.255 e. The van der Waals surface area contributed by atoms with Gasteiger partial charge in [0.15, 0.2) is 0 Å². The summed E-state index contributed by atoms with van der Waals surface area (Å²) in [6, 6.07) is 22.1. The number of hydrogen-bond acceptors (Lipinski definition) is 4. The minimum absolute atomic E-state index is 0.141. The Kier molecular flexibility index (Phi) is 7.97. The van der Waals surface area contributed by atoms with Crippen molar-refractivity contribution in [3.05, 3.63) is 90.0 Å². The highest BCUT2D eigenvalue weighted by Gasteiger charge is 2.21. The van der Waals surface area contributed by atoms with Crippen LogP contribution in [-0.2, 0) is 21.2 Å². The molecule has 3 rings (SSSR count). The summed E-state index contributed by atoms with van der Waals surface area (Å²) in [6.45, 7) is 4.35. The van der Waals surface area contributed by atoms with Crippen molar-refractivity contribution in [2.45, 2.75) is 25.2 Å². The van der Waals surface area contributed by atoms with E-state index in [2.05, 4.69) is 10.6 Å². The number of nitrogens with one attached hydrogen (secondary N) is 2. The molecule has 7 nitrogen and oxygen atoms in total. The molecule has 33 heavy (non-hydrogen) atoms. The summed E-state index contributed by atoms with van der Waals surface area (Å²) in [4.78, 5) is 24.9. The van der Waals surface area contributed by atoms with Crippen molar-refractivity contribution in [1.82, 2.24) is 4.31 Å². The average Bonchev–Trinajstić information content (AvgIpc) is 2.81. The third-order valence-electron chi connectivity index (χ3n) is 5.09. The van der Waals surface area contributed by atoms with Gasteiger partial charge in [0.2, 0.25) is 15.9 Å². The Bertz CT molecular complexity index is 1190. The fourth-order valence-corrected chi connectivity index (χ4v) is 4.78. The molecule has 3 aromatic rings. The Morgan fingerprint density at radius 2 is 1.30 bits per heavy atom. The van der Waals surface area contributed by atoms with Crippen LogP contribution in [0.5, 0.6) is 0 Å². The van der Waals surface area contributed by atoms with Crippen molar-refractivity contribution >= 4 is 33.2 Å². The molecule has 0 bridgehead atoms. The monoisotopic (exact) mass is 465 g/mol. The molecule has 2 amide bonds. The summed E-state index contributed by atoms with van der Waals surface area (Å²) < 4.78 is 26.5. The van der Waals surface area contributed by atoms with Gasteiger partial charge in [0.25, 0.3) is 5.91 Å². The highest BCUT2D eigenvalue weighted by Crippen LogP contribution is 2.19. The first-order valence-corrected chi connectivity index (χ1v) is 12.1. The molecule has 0 atom stereocenters. The van der Waals surface area contributed by atoms with Crippen molar-refractivity contribution < 1.29 is 18.0 Å². The highest BCUT2D eigenvalue weighted by atomic mass is 32.2. The third kappa shape index (κ3) is 6.27. The van der Waals surface area contributed by atoms with E-state index in [1.54, 1.807) is 50.2 Å². The van der Waals surface area contributed by atoms with Gasteiger partial charge < -0.3 is 10.6 Å². The minimum atomic E-state index is -3.55. The lowest BCUT2D eigenvalue weighted by Crippen LogP contribution is -2.30. The van der Waals surface area contributed by atoms with Gasteiger partial charge in [-0.2, -0.15) is 4.31 Å². The molecule has 0 aliphatic heterocycles. The van der Waals surface area contributed by atoms with Gasteiger partial charge in [0.05, 0.1) is 11.3 Å². The molecule has 0 aliphatic rings. The Morgan fingerprint density at radius 1 is 0.758 bits per heavy atom. The van der Waals surface area contributed by atoms with Crippen molar-refractivity contribution in [3.63, 3.8) is 0 Å². The fourth-order valence-electron chi connectivity index (χ4n) is 3.32. The summed E-state index contributed by atoms with van der Waals surface area (Å²) in [5.41, 5.74) is 2.41. The zero-order valence-corrected chi connectivity index (χ0v) is 19.4. The van der Waals surface area contributed by atoms with Crippen LogP contribution in [0.2, 0.25) is 0 Å². The van der Waals surface area contributed by atoms with E-state index in [4.69, 9.17) is 0 Å². The van der Waals surface area contributed by atoms with E-state index in [0.717, 1.165) is 5.56 Å². The molecule has 0 unspecified atom stereocenters. The first-order valence-electron chi connectivity index (χ1n) is 10.7. The summed E-state index contributed by atoms with van der Waals surface area (Å²) in [5.74, 6) is -0.477. The van der Waals surface area contributed by atoms with Gasteiger partial charge in [-0.3, -0.25) is 9.59 Å². The molecular formula is C25H27N3O4S. The van der Waals surface area contributed by atoms with Crippen LogP contribution in [0.4, 0.5) is 11.4 Å². The number of hydrogen-bond donors (Lipinski definition) is 2. The lowest BCUT2D eigenvalue weighted by atomic mass is 10.1. The normalized spacial score (nSPS) is 11.2. The van der Waals surface area contributed by atoms with Gasteiger partial charge in [-0.15, -0.1) is 0 Å². The number of amides is 2. The molecule has 0 radical (unpaired) electrons. The summed E-state index contributed by atoms with van der Waals surface area (Å²) >= 11 is 0. The molecule has 0 aliphatic carbocycles. The average molecular weight is 466 g/mol. The Morgan fingerprint density at radius 3 is 1.88 bits per heavy atom. The highest BCUT2D eigenvalue weighted by molar-refractivity contribution is 7.89. The molecule has 0 spiro atoms. The van der Waals surface area contributed by atoms with Crippen LogP contribution in [0, 0.1) is 0 Å². The van der Waals surface area contributed by atoms with Crippen LogP contribution in [0.25, 0.3) is 0 Å². The summed E-state index contributed by atoms with van der Waals surface area (Å²) in [5, 5.41) is 5.57. The predicted octanol–water partition coefficient (Wildman–Crippen LogP) is 4.15. The maximum atomic E-state index is 12.6. The minimum Gasteiger partial charge on any atom is -0.326 e. The Hall–Kier alpha value is -3.49. The second-order valence-electron chi connectivity index (χ2n) is 7.36. The van der Waals surface area contributed by atoms with Crippen molar-refractivity contribution in [3.8, 4) is 0 Å². The molecule has 2 N–H and O–H groups in total. The van der Waals surface area contributed by atoms with Crippen LogP contribution in [-0.4, -0.2) is 37.6 Å². The van der Waals surface area contributed by atoms with Crippen molar-refractivity contribution in [1.29, 1.82) is 0 Å². The van der Waals surface area contributed by atoms with E-state index in [1.165, 1.54) is 16.4 Å². The number of sulfonamides is 1. The third-order valence-corrected chi connectivity index (χ3v) is 7.16. The first kappa shape index (κ1) is 24.2. The molecule has 3 aromatic carbocycles. The van der Waals surface area contributed by atoms with E-state index >= 15 is 0 Å². The van der Waals surface area contributed by atoms with E-state index < -0.39 is 10.0 Å². The lowest BCUT2D eigenvalue weighted by Gasteiger charge is -2.18. The van der Waals surface area contributed by atoms with E-state index in [1.807, 2.05) is 30.3 Å². The number of carbonyl (C=O) groups excluding carboxylic acids is 2. The van der Waals surface area contributed by atoms with E-state index in [0.29, 0.717) is 30.0 Å². The summed E-state index contributed by atoms with van der Waals surface area (Å²) in [7, 11) is -3.55. The standard InChI is InChI=1S/C25H27N3O4S/c1-3-28(4-2)33(31,32)23-16-14-22(15-17-23)27-25(30)20-10-12-21(13-11-20)26-24(29)18-19-8-6-5-7-9-19/h5-17H,3-4,18H2,1-2H3,(H,26,29)(H,27,30). The molecule has 8 heteroatoms. The van der Waals surface area contributed by atoms with E-state index in [-0.39, 0.29) is 23.1 Å². The lowest BCUT2D eigenvalue weighted by molar-refractivity contribution is -0.115. The topological polar surface area (TPSA) is 95.6 Å². The molecule has 0 aromatic heterocycles. The number of carbonyl (C=O) groups is 2. The number of nitrogens with zero attached hydrogens (tertiary/aromatic N) is 1. The van der Waals surface area contributed by atoms with Gasteiger partial charge in [0.1, 0.15) is 0 Å². The first-order chi connectivity index (χ1) is 15.8. The van der Waals surface area contributed by atoms with Crippen LogP contribution in [0.1, 0.15) is 29.8 Å². The molecule has 0 fully saturated rings. The molecular weight excluding hydrogens is 438 g/mol. The van der Waals surface area contributed by atoms with E-state index in [9.17, 15) is 18.0 Å². The molecule has 0 heterocycles. The Balaban J connectivity index is 1.60.